The van der Waals surface area contributed by atoms with Gasteiger partial charge in [0.1, 0.15) is 10.7 Å². The number of nitrogen functional groups attached to an aromatic ring is 1. The first kappa shape index (κ1) is 9.02. The average molecular weight is 186 g/mol. The van der Waals surface area contributed by atoms with Crippen molar-refractivity contribution in [2.24, 2.45) is 5.84 Å². The van der Waals surface area contributed by atoms with E-state index >= 15 is 0 Å². The third kappa shape index (κ3) is 2.52. The second kappa shape index (κ2) is 4.08. The van der Waals surface area contributed by atoms with E-state index in [1.165, 1.54) is 0 Å². The third-order valence-corrected chi connectivity index (χ3v) is 2.03. The lowest BCUT2D eigenvalue weighted by atomic mass is 10.2. The molecule has 0 radical (unpaired) electrons. The zero-order valence-electron chi connectivity index (χ0n) is 6.36. The number of rotatable bonds is 3. The fraction of sp³-hybridized carbons (Fsp3) is 0.143. The second-order valence-electron chi connectivity index (χ2n) is 2.34. The molecule has 0 aliphatic heterocycles. The lowest BCUT2D eigenvalue weighted by Crippen LogP contribution is -2.06. The van der Waals surface area contributed by atoms with Crippen LogP contribution in [-0.4, -0.2) is 8.42 Å². The molecule has 4 nitrogen and oxygen atoms in total. The van der Waals surface area contributed by atoms with Crippen LogP contribution in [0.5, 0.6) is 0 Å². The van der Waals surface area contributed by atoms with Crippen LogP contribution in [0.3, 0.4) is 0 Å². The summed E-state index contributed by atoms with van der Waals surface area (Å²) >= 11 is 0. The van der Waals surface area contributed by atoms with Crippen molar-refractivity contribution in [3.63, 3.8) is 0 Å². The highest BCUT2D eigenvalue weighted by Crippen LogP contribution is 2.09. The van der Waals surface area contributed by atoms with Gasteiger partial charge in [-0.2, -0.15) is 0 Å². The van der Waals surface area contributed by atoms with Gasteiger partial charge >= 0.3 is 0 Å². The average Bonchev–Trinajstić information content (AvgIpc) is 2.03. The fourth-order valence-corrected chi connectivity index (χ4v) is 1.40. The molecule has 0 bridgehead atoms. The fourth-order valence-electron chi connectivity index (χ4n) is 0.909. The first-order chi connectivity index (χ1) is 5.72. The minimum absolute atomic E-state index is 0.0604. The Kier molecular flexibility index (Phi) is 3.07. The number of anilines is 1. The number of hydrogen-bond acceptors (Lipinski definition) is 4. The molecule has 0 saturated heterocycles. The van der Waals surface area contributed by atoms with Gasteiger partial charge in [0.2, 0.25) is 0 Å². The first-order valence-electron chi connectivity index (χ1n) is 3.39. The Labute approximate surface area is 72.3 Å². The summed E-state index contributed by atoms with van der Waals surface area (Å²) in [6.45, 7) is 0. The highest BCUT2D eigenvalue weighted by molar-refractivity contribution is 7.71. The van der Waals surface area contributed by atoms with Crippen molar-refractivity contribution in [3.05, 3.63) is 29.8 Å². The van der Waals surface area contributed by atoms with Gasteiger partial charge in [0, 0.05) is 5.69 Å². The van der Waals surface area contributed by atoms with Crippen LogP contribution in [0.2, 0.25) is 0 Å². The summed E-state index contributed by atoms with van der Waals surface area (Å²) < 4.78 is 20.7. The van der Waals surface area contributed by atoms with Crippen molar-refractivity contribution in [2.45, 2.75) is 5.75 Å². The third-order valence-electron chi connectivity index (χ3n) is 1.41. The van der Waals surface area contributed by atoms with Crippen LogP contribution in [-0.2, 0) is 16.5 Å². The summed E-state index contributed by atoms with van der Waals surface area (Å²) in [5.41, 5.74) is 3.89. The first-order valence-corrected chi connectivity index (χ1v) is 4.76. The molecule has 0 atom stereocenters. The monoisotopic (exact) mass is 186 g/mol. The molecule has 12 heavy (non-hydrogen) atoms. The molecule has 0 fully saturated rings. The lowest BCUT2D eigenvalue weighted by molar-refractivity contribution is 0.614. The molecule has 3 N–H and O–H groups in total. The van der Waals surface area contributed by atoms with Crippen molar-refractivity contribution in [2.75, 3.05) is 5.43 Å². The van der Waals surface area contributed by atoms with E-state index in [2.05, 4.69) is 5.43 Å². The number of benzene rings is 1. The van der Waals surface area contributed by atoms with E-state index in [1.807, 2.05) is 0 Å². The molecule has 0 spiro atoms. The Bertz CT molecular complexity index is 328. The zero-order valence-corrected chi connectivity index (χ0v) is 7.25. The largest absolute Gasteiger partial charge is 0.324 e. The summed E-state index contributed by atoms with van der Waals surface area (Å²) in [5.74, 6) is 5.21. The van der Waals surface area contributed by atoms with Crippen molar-refractivity contribution in [1.29, 1.82) is 0 Å². The van der Waals surface area contributed by atoms with Crippen LogP contribution in [0.1, 0.15) is 5.56 Å². The summed E-state index contributed by atoms with van der Waals surface area (Å²) in [5, 5.41) is 0. The quantitative estimate of drug-likeness (QED) is 0.355. The summed E-state index contributed by atoms with van der Waals surface area (Å²) in [4.78, 5) is 0. The second-order valence-corrected chi connectivity index (χ2v) is 3.32. The zero-order chi connectivity index (χ0) is 8.97. The van der Waals surface area contributed by atoms with Crippen molar-refractivity contribution in [1.82, 2.24) is 0 Å². The molecule has 66 valence electrons. The Morgan fingerprint density at radius 1 is 1.42 bits per heavy atom. The van der Waals surface area contributed by atoms with Crippen molar-refractivity contribution < 1.29 is 8.42 Å². The molecule has 1 aromatic carbocycles. The van der Waals surface area contributed by atoms with Crippen molar-refractivity contribution >= 4 is 16.4 Å². The Balaban J connectivity index is 2.86. The number of hydrazine groups is 1. The summed E-state index contributed by atoms with van der Waals surface area (Å²) in [6, 6.07) is 6.96. The minimum atomic E-state index is -2.36. The van der Waals surface area contributed by atoms with Crippen LogP contribution in [0.4, 0.5) is 5.69 Å². The van der Waals surface area contributed by atoms with Crippen LogP contribution in [0.15, 0.2) is 24.3 Å². The molecule has 0 saturated carbocycles. The molecule has 0 amide bonds. The number of thiol groups is 1. The predicted molar refractivity (Wildman–Crippen MR) is 48.3 cm³/mol. The van der Waals surface area contributed by atoms with Crippen LogP contribution in [0.25, 0.3) is 0 Å². The predicted octanol–water partition coefficient (Wildman–Crippen LogP) is 0.0836. The summed E-state index contributed by atoms with van der Waals surface area (Å²) in [7, 11) is -2.36. The highest BCUT2D eigenvalue weighted by Gasteiger charge is 1.94. The van der Waals surface area contributed by atoms with Gasteiger partial charge in [-0.3, -0.25) is 5.84 Å². The molecular weight excluding hydrogens is 176 g/mol. The van der Waals surface area contributed by atoms with Crippen LogP contribution < -0.4 is 11.3 Å². The maximum Gasteiger partial charge on any atom is 0.144 e. The number of nitrogens with two attached hydrogens (primary N) is 1. The van der Waals surface area contributed by atoms with Crippen LogP contribution >= 0.6 is 0 Å². The highest BCUT2D eigenvalue weighted by atomic mass is 32.2. The van der Waals surface area contributed by atoms with Gasteiger partial charge in [0.15, 0.2) is 0 Å². The molecular formula is C7H10N2O2S. The van der Waals surface area contributed by atoms with Gasteiger partial charge < -0.3 is 5.43 Å². The number of hydrogen-bond donors (Lipinski definition) is 3. The molecule has 0 aliphatic rings. The van der Waals surface area contributed by atoms with Gasteiger partial charge in [-0.05, 0) is 17.7 Å². The normalized spacial score (nSPS) is 10.2. The van der Waals surface area contributed by atoms with E-state index in [9.17, 15) is 8.42 Å². The molecule has 0 heterocycles. The van der Waals surface area contributed by atoms with Gasteiger partial charge in [-0.1, -0.05) is 12.1 Å². The van der Waals surface area contributed by atoms with Crippen LogP contribution in [0, 0.1) is 0 Å². The Morgan fingerprint density at radius 2 is 2.17 bits per heavy atom. The van der Waals surface area contributed by atoms with Gasteiger partial charge in [0.05, 0.1) is 5.75 Å². The molecule has 0 aliphatic carbocycles. The topological polar surface area (TPSA) is 72.2 Å². The molecule has 1 rings (SSSR count). The van der Waals surface area contributed by atoms with E-state index in [1.54, 1.807) is 24.3 Å². The maximum atomic E-state index is 10.4. The molecule has 1 aromatic rings. The van der Waals surface area contributed by atoms with E-state index < -0.39 is 10.7 Å². The van der Waals surface area contributed by atoms with E-state index in [-0.39, 0.29) is 5.75 Å². The standard InChI is InChI=1S/C7H10N2O2S/c8-9-7-3-1-2-6(4-7)5-12(10)11/h1-4,9,12H,5,8H2. The van der Waals surface area contributed by atoms with Gasteiger partial charge in [-0.15, -0.1) is 0 Å². The minimum Gasteiger partial charge on any atom is -0.324 e. The molecule has 0 aromatic heterocycles. The van der Waals surface area contributed by atoms with Crippen molar-refractivity contribution in [3.8, 4) is 0 Å². The SMILES string of the molecule is NNc1cccc(C[SH](=O)=O)c1. The molecule has 0 unspecified atom stereocenters. The Morgan fingerprint density at radius 3 is 2.75 bits per heavy atom. The Hall–Kier alpha value is -1.07. The van der Waals surface area contributed by atoms with E-state index in [0.717, 1.165) is 5.56 Å². The molecule has 5 heteroatoms. The van der Waals surface area contributed by atoms with Gasteiger partial charge in [-0.25, -0.2) is 8.42 Å². The number of nitrogens with one attached hydrogen (secondary N) is 1. The van der Waals surface area contributed by atoms with Gasteiger partial charge in [0.25, 0.3) is 0 Å². The summed E-state index contributed by atoms with van der Waals surface area (Å²) in [6.07, 6.45) is 0. The van der Waals surface area contributed by atoms with E-state index in [4.69, 9.17) is 5.84 Å². The smallest absolute Gasteiger partial charge is 0.144 e. The van der Waals surface area contributed by atoms with E-state index in [0.29, 0.717) is 5.69 Å². The lowest BCUT2D eigenvalue weighted by Gasteiger charge is -2.00. The maximum absolute atomic E-state index is 10.4.